The van der Waals surface area contributed by atoms with Crippen molar-refractivity contribution in [3.63, 3.8) is 0 Å². The maximum atomic E-state index is 9.05. The van der Waals surface area contributed by atoms with E-state index in [1.807, 2.05) is 83.4 Å². The zero-order chi connectivity index (χ0) is 46.1. The highest BCUT2D eigenvalue weighted by Gasteiger charge is 2.21. The molecule has 0 saturated heterocycles. The summed E-state index contributed by atoms with van der Waals surface area (Å²) >= 11 is 0. The lowest BCUT2D eigenvalue weighted by Crippen LogP contribution is -1.96. The SMILES string of the molecule is [2H]c1c([2H])c([2H])c(-c2cccc(-c3c([2H])c([2H])c([2H])c([2H])c3[2H])c2-c2cccc3c2c2ccccc2n3-c2ccc3c(c2)c2ccccc2n3-c2c([2H])c([2H])c([2H])c([2H])c2[2H])c([2H])c1[2H]. The van der Waals surface area contributed by atoms with Crippen LogP contribution in [-0.2, 0) is 0 Å². The van der Waals surface area contributed by atoms with Gasteiger partial charge >= 0.3 is 0 Å². The number of nitrogens with zero attached hydrogens (tertiary/aromatic N) is 2. The lowest BCUT2D eigenvalue weighted by molar-refractivity contribution is 1.17. The van der Waals surface area contributed by atoms with Crippen molar-refractivity contribution in [1.82, 2.24) is 9.13 Å². The summed E-state index contributed by atoms with van der Waals surface area (Å²) in [5.74, 6) is 0. The van der Waals surface area contributed by atoms with Gasteiger partial charge < -0.3 is 9.13 Å². The Balaban J connectivity index is 1.32. The summed E-state index contributed by atoms with van der Waals surface area (Å²) in [4.78, 5) is 0. The molecule has 0 fully saturated rings. The Kier molecular flexibility index (Phi) is 3.95. The predicted molar refractivity (Wildman–Crippen MR) is 211 cm³/mol. The van der Waals surface area contributed by atoms with Crippen molar-refractivity contribution in [2.24, 2.45) is 0 Å². The molecular weight excluding hydrogens is 605 g/mol. The second kappa shape index (κ2) is 11.5. The first kappa shape index (κ1) is 17.1. The average Bonchev–Trinajstić information content (AvgIpc) is 3.83. The molecule has 10 rings (SSSR count). The first-order chi connectivity index (χ1) is 31.1. The summed E-state index contributed by atoms with van der Waals surface area (Å²) in [6, 6.07) is 23.7. The van der Waals surface area contributed by atoms with E-state index in [0.29, 0.717) is 33.2 Å². The molecule has 2 heteroatoms. The van der Waals surface area contributed by atoms with Crippen LogP contribution in [0.1, 0.15) is 20.6 Å². The number of hydrogen-bond donors (Lipinski definition) is 0. The van der Waals surface area contributed by atoms with Gasteiger partial charge in [0.1, 0.15) is 0 Å². The van der Waals surface area contributed by atoms with Crippen molar-refractivity contribution in [1.29, 1.82) is 0 Å². The average molecular weight is 652 g/mol. The van der Waals surface area contributed by atoms with Gasteiger partial charge in [0.25, 0.3) is 0 Å². The highest BCUT2D eigenvalue weighted by atomic mass is 15.0. The predicted octanol–water partition coefficient (Wildman–Crippen LogP) is 12.9. The van der Waals surface area contributed by atoms with Crippen LogP contribution in [0.2, 0.25) is 0 Å². The summed E-state index contributed by atoms with van der Waals surface area (Å²) in [5, 5.41) is 2.93. The Morgan fingerprint density at radius 1 is 0.360 bits per heavy atom. The minimum atomic E-state index is -0.578. The number of fused-ring (bicyclic) bond motifs is 6. The van der Waals surface area contributed by atoms with Gasteiger partial charge in [-0.15, -0.1) is 0 Å². The highest BCUT2D eigenvalue weighted by Crippen LogP contribution is 2.46. The maximum absolute atomic E-state index is 9.05. The zero-order valence-corrected chi connectivity index (χ0v) is 26.2. The Morgan fingerprint density at radius 3 is 1.54 bits per heavy atom. The van der Waals surface area contributed by atoms with Crippen LogP contribution in [0.3, 0.4) is 0 Å². The van der Waals surface area contributed by atoms with Gasteiger partial charge in [-0.2, -0.15) is 0 Å². The molecule has 0 N–H and O–H groups in total. The summed E-state index contributed by atoms with van der Waals surface area (Å²) in [7, 11) is 0. The van der Waals surface area contributed by atoms with Crippen LogP contribution in [-0.4, -0.2) is 9.13 Å². The van der Waals surface area contributed by atoms with E-state index in [2.05, 4.69) is 0 Å². The fourth-order valence-electron chi connectivity index (χ4n) is 7.23. The third kappa shape index (κ3) is 4.36. The molecule has 2 heterocycles. The van der Waals surface area contributed by atoms with Gasteiger partial charge in [0.2, 0.25) is 0 Å². The van der Waals surface area contributed by atoms with Gasteiger partial charge in [-0.25, -0.2) is 0 Å². The maximum Gasteiger partial charge on any atom is 0.0645 e. The van der Waals surface area contributed by atoms with E-state index in [9.17, 15) is 0 Å². The van der Waals surface area contributed by atoms with E-state index in [1.165, 1.54) is 0 Å². The monoisotopic (exact) mass is 651 g/mol. The van der Waals surface area contributed by atoms with Gasteiger partial charge in [0, 0.05) is 32.9 Å². The number of benzene rings is 8. The van der Waals surface area contributed by atoms with Crippen molar-refractivity contribution in [3.8, 4) is 44.8 Å². The standard InChI is InChI=1S/C48H32N2/c1-4-16-33(17-5-1)37-24-14-25-38(34-18-6-2-7-19-34)47(37)41-26-15-29-46-48(41)40-23-11-13-28-44(40)50(46)36-30-31-45-42(32-36)39-22-10-12-27-43(39)49(45)35-20-8-3-9-21-35/h1-32H/i1D,2D,3D,4D,5D,6D,7D,8D,9D,16D,17D,18D,19D,20D,21D. The van der Waals surface area contributed by atoms with Crippen molar-refractivity contribution in [2.75, 3.05) is 0 Å². The summed E-state index contributed by atoms with van der Waals surface area (Å²) in [6.45, 7) is 0. The normalized spacial score (nSPS) is 15.8. The molecule has 0 saturated carbocycles. The van der Waals surface area contributed by atoms with Crippen LogP contribution < -0.4 is 0 Å². The van der Waals surface area contributed by atoms with E-state index in [-0.39, 0.29) is 45.6 Å². The zero-order valence-electron chi connectivity index (χ0n) is 41.2. The smallest absolute Gasteiger partial charge is 0.0645 e. The topological polar surface area (TPSA) is 9.86 Å². The van der Waals surface area contributed by atoms with Gasteiger partial charge in [0.05, 0.1) is 42.6 Å². The summed E-state index contributed by atoms with van der Waals surface area (Å²) < 4.78 is 134. The second-order valence-electron chi connectivity index (χ2n) is 11.8. The van der Waals surface area contributed by atoms with Gasteiger partial charge in [-0.3, -0.25) is 0 Å². The number of rotatable bonds is 5. The molecule has 2 aromatic heterocycles. The first-order valence-electron chi connectivity index (χ1n) is 23.5. The second-order valence-corrected chi connectivity index (χ2v) is 11.8. The van der Waals surface area contributed by atoms with Gasteiger partial charge in [0.15, 0.2) is 0 Å². The molecule has 8 aromatic carbocycles. The molecular formula is C48H32N2. The highest BCUT2D eigenvalue weighted by molar-refractivity contribution is 6.18. The van der Waals surface area contributed by atoms with Crippen LogP contribution in [0.5, 0.6) is 0 Å². The third-order valence-electron chi connectivity index (χ3n) is 9.19. The number of aromatic nitrogens is 2. The molecule has 0 radical (unpaired) electrons. The molecule has 0 unspecified atom stereocenters. The van der Waals surface area contributed by atoms with Crippen LogP contribution >= 0.6 is 0 Å². The lowest BCUT2D eigenvalue weighted by Gasteiger charge is -2.18. The van der Waals surface area contributed by atoms with E-state index in [4.69, 9.17) is 20.6 Å². The van der Waals surface area contributed by atoms with Crippen LogP contribution in [0.15, 0.2) is 194 Å². The van der Waals surface area contributed by atoms with Crippen molar-refractivity contribution in [2.45, 2.75) is 0 Å². The number of para-hydroxylation sites is 3. The molecule has 0 aliphatic carbocycles. The molecule has 10 aromatic rings. The Hall–Kier alpha value is -6.64. The molecule has 234 valence electrons. The molecule has 0 amide bonds. The van der Waals surface area contributed by atoms with Crippen LogP contribution in [0.4, 0.5) is 0 Å². The van der Waals surface area contributed by atoms with Crippen molar-refractivity contribution in [3.05, 3.63) is 194 Å². The molecule has 0 spiro atoms. The Labute approximate surface area is 311 Å². The molecule has 50 heavy (non-hydrogen) atoms. The first-order valence-corrected chi connectivity index (χ1v) is 16.0. The Bertz CT molecular complexity index is 3560. The fourth-order valence-corrected chi connectivity index (χ4v) is 7.23. The molecule has 2 nitrogen and oxygen atoms in total. The van der Waals surface area contributed by atoms with E-state index >= 15 is 0 Å². The third-order valence-corrected chi connectivity index (χ3v) is 9.19. The Morgan fingerprint density at radius 2 is 0.860 bits per heavy atom. The van der Waals surface area contributed by atoms with Crippen molar-refractivity contribution >= 4 is 43.6 Å². The van der Waals surface area contributed by atoms with E-state index in [0.717, 1.165) is 21.7 Å². The lowest BCUT2D eigenvalue weighted by atomic mass is 9.86. The largest absolute Gasteiger partial charge is 0.309 e. The van der Waals surface area contributed by atoms with Crippen molar-refractivity contribution < 1.29 is 20.6 Å². The quantitative estimate of drug-likeness (QED) is 0.175. The molecule has 0 bridgehead atoms. The summed E-state index contributed by atoms with van der Waals surface area (Å²) in [5.41, 5.74) is 4.32. The van der Waals surface area contributed by atoms with Gasteiger partial charge in [-0.1, -0.05) is 145 Å². The van der Waals surface area contributed by atoms with Crippen LogP contribution in [0, 0.1) is 0 Å². The van der Waals surface area contributed by atoms with E-state index < -0.39 is 78.6 Å². The molecule has 0 aliphatic rings. The molecule has 0 atom stereocenters. The minimum absolute atomic E-state index is 0.0177. The fraction of sp³-hybridized carbons (Fsp3) is 0. The minimum Gasteiger partial charge on any atom is -0.309 e. The van der Waals surface area contributed by atoms with E-state index in [1.54, 1.807) is 28.8 Å². The van der Waals surface area contributed by atoms with Gasteiger partial charge in [-0.05, 0) is 81.9 Å². The molecule has 0 aliphatic heterocycles. The summed E-state index contributed by atoms with van der Waals surface area (Å²) in [6.07, 6.45) is 0. The number of hydrogen-bond acceptors (Lipinski definition) is 0. The van der Waals surface area contributed by atoms with Crippen LogP contribution in [0.25, 0.3) is 88.4 Å².